The fraction of sp³-hybridized carbons (Fsp3) is 0.360. The Bertz CT molecular complexity index is 1150. The van der Waals surface area contributed by atoms with Gasteiger partial charge in [-0.05, 0) is 51.0 Å². The van der Waals surface area contributed by atoms with Gasteiger partial charge in [0.25, 0.3) is 0 Å². The quantitative estimate of drug-likeness (QED) is 0.539. The highest BCUT2D eigenvalue weighted by Gasteiger charge is 2.66. The van der Waals surface area contributed by atoms with Gasteiger partial charge in [-0.25, -0.2) is 9.69 Å². The van der Waals surface area contributed by atoms with E-state index in [0.29, 0.717) is 5.69 Å². The molecule has 2 saturated heterocycles. The number of fused-ring (bicyclic) bond motifs is 5. The second-order valence-electron chi connectivity index (χ2n) is 9.58. The summed E-state index contributed by atoms with van der Waals surface area (Å²) in [6, 6.07) is 13.4. The number of hydrogen-bond acceptors (Lipinski definition) is 6. The number of ether oxygens (including phenoxy) is 1. The van der Waals surface area contributed by atoms with E-state index in [9.17, 15) is 14.4 Å². The molecule has 7 nitrogen and oxygen atoms in total. The van der Waals surface area contributed by atoms with Crippen molar-refractivity contribution in [2.75, 3.05) is 4.90 Å². The first-order chi connectivity index (χ1) is 15.2. The van der Waals surface area contributed by atoms with Gasteiger partial charge in [0, 0.05) is 0 Å². The van der Waals surface area contributed by atoms with Crippen molar-refractivity contribution in [3.05, 3.63) is 65.2 Å². The largest absolute Gasteiger partial charge is 0.458 e. The van der Waals surface area contributed by atoms with E-state index in [0.717, 1.165) is 16.7 Å². The molecule has 3 aliphatic rings. The number of aryl methyl sites for hydroxylation is 1. The molecule has 4 atom stereocenters. The highest BCUT2D eigenvalue weighted by Crippen LogP contribution is 2.52. The lowest BCUT2D eigenvalue weighted by Crippen LogP contribution is -2.46. The molecule has 0 radical (unpaired) electrons. The van der Waals surface area contributed by atoms with Gasteiger partial charge in [-0.2, -0.15) is 5.10 Å². The minimum Gasteiger partial charge on any atom is -0.458 e. The number of imide groups is 1. The SMILES string of the molecule is Cc1ccc(N2C(=O)C3C(C2=O)C2c4ccccc4C=NN2C3C(=O)OC(C)(C)C)cc1. The van der Waals surface area contributed by atoms with Crippen molar-refractivity contribution in [2.45, 2.75) is 45.4 Å². The molecule has 0 aromatic heterocycles. The zero-order chi connectivity index (χ0) is 22.8. The van der Waals surface area contributed by atoms with Crippen LogP contribution in [0, 0.1) is 18.8 Å². The molecular weight excluding hydrogens is 406 g/mol. The average Bonchev–Trinajstić information content (AvgIpc) is 3.21. The van der Waals surface area contributed by atoms with E-state index in [1.54, 1.807) is 44.1 Å². The molecule has 3 heterocycles. The van der Waals surface area contributed by atoms with E-state index in [-0.39, 0.29) is 11.8 Å². The van der Waals surface area contributed by atoms with Crippen molar-refractivity contribution < 1.29 is 19.1 Å². The molecule has 2 fully saturated rings. The van der Waals surface area contributed by atoms with Crippen LogP contribution in [0.3, 0.4) is 0 Å². The van der Waals surface area contributed by atoms with E-state index in [4.69, 9.17) is 4.74 Å². The molecule has 0 N–H and O–H groups in total. The molecule has 2 aromatic rings. The molecule has 0 bridgehead atoms. The van der Waals surface area contributed by atoms with Gasteiger partial charge in [0.1, 0.15) is 5.60 Å². The number of rotatable bonds is 2. The summed E-state index contributed by atoms with van der Waals surface area (Å²) in [5.74, 6) is -2.83. The molecule has 32 heavy (non-hydrogen) atoms. The summed E-state index contributed by atoms with van der Waals surface area (Å²) in [5, 5.41) is 6.12. The minimum atomic E-state index is -0.972. The summed E-state index contributed by atoms with van der Waals surface area (Å²) in [7, 11) is 0. The molecular formula is C25H25N3O4. The van der Waals surface area contributed by atoms with Crippen LogP contribution < -0.4 is 4.90 Å². The molecule has 7 heteroatoms. The van der Waals surface area contributed by atoms with E-state index in [1.165, 1.54) is 4.90 Å². The fourth-order valence-electron chi connectivity index (χ4n) is 4.95. The van der Waals surface area contributed by atoms with Gasteiger partial charge >= 0.3 is 5.97 Å². The zero-order valence-corrected chi connectivity index (χ0v) is 18.5. The van der Waals surface area contributed by atoms with Crippen LogP contribution in [-0.4, -0.2) is 40.7 Å². The lowest BCUT2D eigenvalue weighted by molar-refractivity contribution is -0.163. The third-order valence-corrected chi connectivity index (χ3v) is 6.23. The predicted octanol–water partition coefficient (Wildman–Crippen LogP) is 3.22. The van der Waals surface area contributed by atoms with E-state index < -0.39 is 35.5 Å². The van der Waals surface area contributed by atoms with Crippen LogP contribution in [0.1, 0.15) is 43.5 Å². The summed E-state index contributed by atoms with van der Waals surface area (Å²) in [4.78, 5) is 41.8. The van der Waals surface area contributed by atoms with E-state index >= 15 is 0 Å². The Balaban J connectivity index is 1.62. The smallest absolute Gasteiger partial charge is 0.331 e. The van der Waals surface area contributed by atoms with Crippen molar-refractivity contribution in [1.82, 2.24) is 5.01 Å². The van der Waals surface area contributed by atoms with Crippen LogP contribution in [0.4, 0.5) is 5.69 Å². The molecule has 3 aliphatic heterocycles. The molecule has 2 aromatic carbocycles. The Morgan fingerprint density at radius 1 is 0.969 bits per heavy atom. The molecule has 164 valence electrons. The van der Waals surface area contributed by atoms with Gasteiger partial charge < -0.3 is 4.74 Å². The van der Waals surface area contributed by atoms with Crippen molar-refractivity contribution in [3.8, 4) is 0 Å². The number of carbonyl (C=O) groups excluding carboxylic acids is 3. The lowest BCUT2D eigenvalue weighted by atomic mass is 9.85. The topological polar surface area (TPSA) is 79.3 Å². The van der Waals surface area contributed by atoms with Crippen LogP contribution in [0.15, 0.2) is 53.6 Å². The Labute approximate surface area is 186 Å². The Morgan fingerprint density at radius 2 is 1.62 bits per heavy atom. The van der Waals surface area contributed by atoms with E-state index in [1.807, 2.05) is 43.3 Å². The van der Waals surface area contributed by atoms with Crippen molar-refractivity contribution >= 4 is 29.7 Å². The Kier molecular flexibility index (Phi) is 4.48. The third-order valence-electron chi connectivity index (χ3n) is 6.23. The molecule has 0 spiro atoms. The van der Waals surface area contributed by atoms with Crippen LogP contribution in [0.5, 0.6) is 0 Å². The molecule has 0 aliphatic carbocycles. The summed E-state index contributed by atoms with van der Waals surface area (Å²) in [6.07, 6.45) is 1.68. The summed E-state index contributed by atoms with van der Waals surface area (Å²) in [6.45, 7) is 7.29. The molecule has 5 rings (SSSR count). The Morgan fingerprint density at radius 3 is 2.31 bits per heavy atom. The minimum absolute atomic E-state index is 0.309. The van der Waals surface area contributed by atoms with Crippen LogP contribution in [-0.2, 0) is 19.1 Å². The first-order valence-corrected chi connectivity index (χ1v) is 10.8. The number of hydrazone groups is 1. The summed E-state index contributed by atoms with van der Waals surface area (Å²) in [5.41, 5.74) is 2.58. The first kappa shape index (κ1) is 20.4. The van der Waals surface area contributed by atoms with E-state index in [2.05, 4.69) is 5.10 Å². The lowest BCUT2D eigenvalue weighted by Gasteiger charge is -2.34. The highest BCUT2D eigenvalue weighted by atomic mass is 16.6. The van der Waals surface area contributed by atoms with Crippen molar-refractivity contribution in [1.29, 1.82) is 0 Å². The van der Waals surface area contributed by atoms with Crippen LogP contribution >= 0.6 is 0 Å². The zero-order valence-electron chi connectivity index (χ0n) is 18.5. The number of amides is 2. The molecule has 0 saturated carbocycles. The third kappa shape index (κ3) is 3.03. The number of carbonyl (C=O) groups is 3. The summed E-state index contributed by atoms with van der Waals surface area (Å²) < 4.78 is 5.67. The second kappa shape index (κ2) is 7.02. The van der Waals surface area contributed by atoms with Crippen LogP contribution in [0.2, 0.25) is 0 Å². The number of benzene rings is 2. The maximum Gasteiger partial charge on any atom is 0.331 e. The van der Waals surface area contributed by atoms with Crippen molar-refractivity contribution in [3.63, 3.8) is 0 Å². The van der Waals surface area contributed by atoms with Gasteiger partial charge in [-0.3, -0.25) is 14.6 Å². The maximum atomic E-state index is 13.7. The van der Waals surface area contributed by atoms with Gasteiger partial charge in [-0.1, -0.05) is 42.0 Å². The standard InChI is InChI=1S/C25H25N3O4/c1-14-9-11-16(12-10-14)27-22(29)18-19(23(27)30)21(24(31)32-25(2,3)4)28-20(18)17-8-6-5-7-15(17)13-26-28/h5-13,18-21H,1-4H3. The van der Waals surface area contributed by atoms with Gasteiger partial charge in [0.2, 0.25) is 11.8 Å². The van der Waals surface area contributed by atoms with Gasteiger partial charge in [-0.15, -0.1) is 0 Å². The average molecular weight is 431 g/mol. The van der Waals surface area contributed by atoms with Crippen molar-refractivity contribution in [2.24, 2.45) is 16.9 Å². The molecule has 4 unspecified atom stereocenters. The Hall–Kier alpha value is -3.48. The van der Waals surface area contributed by atoms with Crippen LogP contribution in [0.25, 0.3) is 0 Å². The summed E-state index contributed by atoms with van der Waals surface area (Å²) >= 11 is 0. The first-order valence-electron chi connectivity index (χ1n) is 10.8. The fourth-order valence-corrected chi connectivity index (χ4v) is 4.95. The molecule has 2 amide bonds. The number of nitrogens with zero attached hydrogens (tertiary/aromatic N) is 3. The number of hydrogen-bond donors (Lipinski definition) is 0. The van der Waals surface area contributed by atoms with Gasteiger partial charge in [0.05, 0.1) is 29.8 Å². The maximum absolute atomic E-state index is 13.7. The number of esters is 1. The number of anilines is 1. The van der Waals surface area contributed by atoms with Gasteiger partial charge in [0.15, 0.2) is 6.04 Å². The highest BCUT2D eigenvalue weighted by molar-refractivity contribution is 6.23. The monoisotopic (exact) mass is 431 g/mol. The second-order valence-corrected chi connectivity index (χ2v) is 9.58. The normalized spacial score (nSPS) is 26.1. The predicted molar refractivity (Wildman–Crippen MR) is 119 cm³/mol.